The highest BCUT2D eigenvalue weighted by Gasteiger charge is 2.28. The lowest BCUT2D eigenvalue weighted by Gasteiger charge is -2.22. The molecule has 0 radical (unpaired) electrons. The number of nitro groups is 1. The molecule has 0 heterocycles. The first-order chi connectivity index (χ1) is 11.2. The SMILES string of the molecule is O=C(O)CN(c1cccc(Br)c1)S(=O)(=O)c1cccc([N+](=O)[O-])c1. The summed E-state index contributed by atoms with van der Waals surface area (Å²) >= 11 is 3.19. The van der Waals surface area contributed by atoms with Crippen molar-refractivity contribution in [3.05, 3.63) is 63.1 Å². The van der Waals surface area contributed by atoms with Gasteiger partial charge in [-0.1, -0.05) is 28.1 Å². The summed E-state index contributed by atoms with van der Waals surface area (Å²) in [6, 6.07) is 10.5. The average molecular weight is 415 g/mol. The van der Waals surface area contributed by atoms with Crippen molar-refractivity contribution in [1.29, 1.82) is 0 Å². The maximum absolute atomic E-state index is 12.8. The van der Waals surface area contributed by atoms with E-state index in [1.165, 1.54) is 24.3 Å². The molecule has 0 aliphatic heterocycles. The van der Waals surface area contributed by atoms with Crippen molar-refractivity contribution >= 4 is 43.3 Å². The van der Waals surface area contributed by atoms with E-state index in [0.717, 1.165) is 12.1 Å². The van der Waals surface area contributed by atoms with Gasteiger partial charge in [-0.2, -0.15) is 0 Å². The van der Waals surface area contributed by atoms with E-state index in [4.69, 9.17) is 5.11 Å². The highest BCUT2D eigenvalue weighted by atomic mass is 79.9. The molecule has 0 unspecified atom stereocenters. The maximum Gasteiger partial charge on any atom is 0.324 e. The third kappa shape index (κ3) is 3.89. The van der Waals surface area contributed by atoms with Gasteiger partial charge in [0, 0.05) is 16.6 Å². The first-order valence-electron chi connectivity index (χ1n) is 6.46. The first kappa shape index (κ1) is 17.9. The second-order valence-corrected chi connectivity index (χ2v) is 7.42. The molecule has 0 aliphatic carbocycles. The van der Waals surface area contributed by atoms with Crippen molar-refractivity contribution < 1.29 is 23.2 Å². The smallest absolute Gasteiger partial charge is 0.324 e. The lowest BCUT2D eigenvalue weighted by Crippen LogP contribution is -2.35. The van der Waals surface area contributed by atoms with Crippen molar-refractivity contribution in [3.8, 4) is 0 Å². The molecule has 126 valence electrons. The van der Waals surface area contributed by atoms with Crippen LogP contribution in [-0.4, -0.2) is 31.0 Å². The molecule has 0 fully saturated rings. The second-order valence-electron chi connectivity index (χ2n) is 4.64. The van der Waals surface area contributed by atoms with Crippen LogP contribution in [-0.2, 0) is 14.8 Å². The Hall–Kier alpha value is -2.46. The topological polar surface area (TPSA) is 118 Å². The van der Waals surface area contributed by atoms with E-state index >= 15 is 0 Å². The quantitative estimate of drug-likeness (QED) is 0.573. The Morgan fingerprint density at radius 1 is 1.21 bits per heavy atom. The fourth-order valence-corrected chi connectivity index (χ4v) is 3.79. The van der Waals surface area contributed by atoms with E-state index in [9.17, 15) is 23.3 Å². The predicted octanol–water partition coefficient (Wildman–Crippen LogP) is 2.64. The molecule has 0 spiro atoms. The number of non-ortho nitro benzene ring substituents is 1. The Labute approximate surface area is 145 Å². The number of carboxylic acid groups (broad SMARTS) is 1. The molecule has 0 amide bonds. The van der Waals surface area contributed by atoms with Crippen LogP contribution in [0.3, 0.4) is 0 Å². The van der Waals surface area contributed by atoms with Gasteiger partial charge in [-0.3, -0.25) is 19.2 Å². The van der Waals surface area contributed by atoms with Gasteiger partial charge >= 0.3 is 5.97 Å². The van der Waals surface area contributed by atoms with Crippen molar-refractivity contribution in [1.82, 2.24) is 0 Å². The fourth-order valence-electron chi connectivity index (χ4n) is 1.95. The van der Waals surface area contributed by atoms with Gasteiger partial charge < -0.3 is 5.11 Å². The summed E-state index contributed by atoms with van der Waals surface area (Å²) < 4.78 is 26.8. The molecule has 0 aliphatic rings. The Morgan fingerprint density at radius 2 is 1.88 bits per heavy atom. The molecule has 0 saturated heterocycles. The van der Waals surface area contributed by atoms with Crippen LogP contribution in [0.15, 0.2) is 57.9 Å². The number of hydrogen-bond donors (Lipinski definition) is 1. The van der Waals surface area contributed by atoms with Gasteiger partial charge in [0.15, 0.2) is 0 Å². The van der Waals surface area contributed by atoms with Crippen LogP contribution in [0.5, 0.6) is 0 Å². The molecular weight excluding hydrogens is 404 g/mol. The highest BCUT2D eigenvalue weighted by Crippen LogP contribution is 2.27. The number of nitro benzene ring substituents is 1. The Morgan fingerprint density at radius 3 is 2.46 bits per heavy atom. The minimum Gasteiger partial charge on any atom is -0.480 e. The van der Waals surface area contributed by atoms with Gasteiger partial charge in [-0.15, -0.1) is 0 Å². The summed E-state index contributed by atoms with van der Waals surface area (Å²) in [7, 11) is -4.29. The van der Waals surface area contributed by atoms with Gasteiger partial charge in [0.05, 0.1) is 15.5 Å². The number of aliphatic carboxylic acids is 1. The number of anilines is 1. The molecule has 24 heavy (non-hydrogen) atoms. The summed E-state index contributed by atoms with van der Waals surface area (Å²) in [4.78, 5) is 20.8. The molecule has 0 bridgehead atoms. The molecule has 10 heteroatoms. The Balaban J connectivity index is 2.57. The number of carboxylic acids is 1. The third-order valence-electron chi connectivity index (χ3n) is 2.99. The molecule has 2 aromatic carbocycles. The molecule has 0 aromatic heterocycles. The lowest BCUT2D eigenvalue weighted by molar-refractivity contribution is -0.385. The average Bonchev–Trinajstić information content (AvgIpc) is 2.52. The first-order valence-corrected chi connectivity index (χ1v) is 8.69. The van der Waals surface area contributed by atoms with Gasteiger partial charge in [-0.05, 0) is 24.3 Å². The highest BCUT2D eigenvalue weighted by molar-refractivity contribution is 9.10. The molecule has 2 rings (SSSR count). The van der Waals surface area contributed by atoms with E-state index in [2.05, 4.69) is 15.9 Å². The lowest BCUT2D eigenvalue weighted by atomic mass is 10.3. The van der Waals surface area contributed by atoms with Crippen LogP contribution in [0, 0.1) is 10.1 Å². The zero-order valence-electron chi connectivity index (χ0n) is 12.0. The van der Waals surface area contributed by atoms with Crippen LogP contribution in [0.2, 0.25) is 0 Å². The van der Waals surface area contributed by atoms with Crippen molar-refractivity contribution in [2.75, 3.05) is 10.8 Å². The molecular formula is C14H11BrN2O6S. The molecule has 2 aromatic rings. The second kappa shape index (κ2) is 6.97. The van der Waals surface area contributed by atoms with Crippen molar-refractivity contribution in [3.63, 3.8) is 0 Å². The van der Waals surface area contributed by atoms with Crippen molar-refractivity contribution in [2.45, 2.75) is 4.90 Å². The molecule has 0 saturated carbocycles. The van der Waals surface area contributed by atoms with Crippen LogP contribution >= 0.6 is 15.9 Å². The number of sulfonamides is 1. The third-order valence-corrected chi connectivity index (χ3v) is 5.25. The van der Waals surface area contributed by atoms with Gasteiger partial charge in [0.25, 0.3) is 15.7 Å². The number of benzene rings is 2. The zero-order valence-corrected chi connectivity index (χ0v) is 14.4. The van der Waals surface area contributed by atoms with E-state index in [-0.39, 0.29) is 10.6 Å². The van der Waals surface area contributed by atoms with Gasteiger partial charge in [0.2, 0.25) is 0 Å². The normalized spacial score (nSPS) is 11.0. The Bertz CT molecular complexity index is 900. The summed E-state index contributed by atoms with van der Waals surface area (Å²) in [6.45, 7) is -0.818. The summed E-state index contributed by atoms with van der Waals surface area (Å²) in [5, 5.41) is 19.9. The van der Waals surface area contributed by atoms with E-state index < -0.39 is 33.1 Å². The van der Waals surface area contributed by atoms with E-state index in [1.807, 2.05) is 0 Å². The standard InChI is InChI=1S/C14H11BrN2O6S/c15-10-3-1-4-11(7-10)16(9-14(18)19)24(22,23)13-6-2-5-12(8-13)17(20)21/h1-8H,9H2,(H,18,19). The number of rotatable bonds is 6. The summed E-state index contributed by atoms with van der Waals surface area (Å²) in [6.07, 6.45) is 0. The van der Waals surface area contributed by atoms with E-state index in [1.54, 1.807) is 12.1 Å². The van der Waals surface area contributed by atoms with E-state index in [0.29, 0.717) is 8.78 Å². The summed E-state index contributed by atoms with van der Waals surface area (Å²) in [5.41, 5.74) is -0.279. The fraction of sp³-hybridized carbons (Fsp3) is 0.0714. The van der Waals surface area contributed by atoms with Crippen molar-refractivity contribution in [2.24, 2.45) is 0 Å². The number of hydrogen-bond acceptors (Lipinski definition) is 5. The predicted molar refractivity (Wildman–Crippen MR) is 89.4 cm³/mol. The van der Waals surface area contributed by atoms with Gasteiger partial charge in [0.1, 0.15) is 6.54 Å². The Kier molecular flexibility index (Phi) is 5.20. The number of nitrogens with zero attached hydrogens (tertiary/aromatic N) is 2. The minimum atomic E-state index is -4.29. The minimum absolute atomic E-state index is 0.123. The monoisotopic (exact) mass is 414 g/mol. The van der Waals surface area contributed by atoms with Crippen LogP contribution in [0.1, 0.15) is 0 Å². The van der Waals surface area contributed by atoms with Crippen LogP contribution < -0.4 is 4.31 Å². The van der Waals surface area contributed by atoms with Crippen LogP contribution in [0.25, 0.3) is 0 Å². The zero-order chi connectivity index (χ0) is 17.9. The number of halogens is 1. The van der Waals surface area contributed by atoms with Crippen LogP contribution in [0.4, 0.5) is 11.4 Å². The molecule has 0 atom stereocenters. The molecule has 1 N–H and O–H groups in total. The molecule has 8 nitrogen and oxygen atoms in total. The van der Waals surface area contributed by atoms with Gasteiger partial charge in [-0.25, -0.2) is 8.42 Å². The largest absolute Gasteiger partial charge is 0.480 e. The summed E-state index contributed by atoms with van der Waals surface area (Å²) in [5.74, 6) is -1.36. The number of carbonyl (C=O) groups is 1. The maximum atomic E-state index is 12.8.